The maximum atomic E-state index is 12.7. The van der Waals surface area contributed by atoms with Gasteiger partial charge in [0.05, 0.1) is 11.1 Å². The van der Waals surface area contributed by atoms with Gasteiger partial charge in [0, 0.05) is 17.0 Å². The Morgan fingerprint density at radius 3 is 2.64 bits per heavy atom. The Balaban J connectivity index is 1.55. The van der Waals surface area contributed by atoms with Crippen molar-refractivity contribution in [2.75, 3.05) is 0 Å². The van der Waals surface area contributed by atoms with E-state index in [-0.39, 0.29) is 27.6 Å². The molecule has 1 saturated carbocycles. The van der Waals surface area contributed by atoms with Crippen molar-refractivity contribution in [3.63, 3.8) is 0 Å². The number of sulfonamides is 1. The fourth-order valence-electron chi connectivity index (χ4n) is 2.90. The van der Waals surface area contributed by atoms with Crippen LogP contribution in [-0.4, -0.2) is 20.4 Å². The summed E-state index contributed by atoms with van der Waals surface area (Å²) < 4.78 is 33.3. The van der Waals surface area contributed by atoms with Crippen LogP contribution in [0.1, 0.15) is 41.9 Å². The van der Waals surface area contributed by atoms with Crippen LogP contribution in [0.15, 0.2) is 57.8 Å². The number of carbonyl (C=O) groups excluding carboxylic acids is 1. The molecule has 0 aliphatic heterocycles. The van der Waals surface area contributed by atoms with Crippen molar-refractivity contribution < 1.29 is 17.6 Å². The molecule has 2 N–H and O–H groups in total. The van der Waals surface area contributed by atoms with Gasteiger partial charge in [0.15, 0.2) is 0 Å². The van der Waals surface area contributed by atoms with E-state index >= 15 is 0 Å². The zero-order valence-electron chi connectivity index (χ0n) is 15.1. The van der Waals surface area contributed by atoms with Gasteiger partial charge in [0.1, 0.15) is 16.2 Å². The third-order valence-electron chi connectivity index (χ3n) is 4.60. The van der Waals surface area contributed by atoms with Crippen LogP contribution in [0.4, 0.5) is 0 Å². The highest BCUT2D eigenvalue weighted by Crippen LogP contribution is 2.28. The third kappa shape index (κ3) is 3.92. The van der Waals surface area contributed by atoms with E-state index in [1.54, 1.807) is 6.92 Å². The van der Waals surface area contributed by atoms with E-state index in [0.29, 0.717) is 5.76 Å². The highest BCUT2D eigenvalue weighted by molar-refractivity contribution is 7.89. The second-order valence-corrected chi connectivity index (χ2v) is 9.01. The molecule has 0 spiro atoms. The molecule has 3 aromatic rings. The molecule has 1 fully saturated rings. The molecular weight excluding hydrogens is 400 g/mol. The van der Waals surface area contributed by atoms with Crippen LogP contribution in [0.3, 0.4) is 0 Å². The van der Waals surface area contributed by atoms with Gasteiger partial charge >= 0.3 is 0 Å². The molecule has 0 radical (unpaired) electrons. The van der Waals surface area contributed by atoms with Gasteiger partial charge in [0.25, 0.3) is 5.91 Å². The summed E-state index contributed by atoms with van der Waals surface area (Å²) in [6, 6.07) is 13.2. The van der Waals surface area contributed by atoms with Crippen LogP contribution in [0.2, 0.25) is 5.02 Å². The van der Waals surface area contributed by atoms with Crippen LogP contribution < -0.4 is 10.0 Å². The standard InChI is InChI=1S/C20H19ClN2O4S/c1-12(18-10-13-4-2-3-5-17(13)27-18)22-20(24)14-6-9-16(21)19(11-14)28(25,26)23-15-7-8-15/h2-6,9-12,15,23H,7-8H2,1H3,(H,22,24). The number of hydrogen-bond donors (Lipinski definition) is 2. The normalized spacial score (nSPS) is 15.5. The van der Waals surface area contributed by atoms with Crippen molar-refractivity contribution in [1.82, 2.24) is 10.0 Å². The molecule has 8 heteroatoms. The number of hydrogen-bond acceptors (Lipinski definition) is 4. The van der Waals surface area contributed by atoms with Gasteiger partial charge < -0.3 is 9.73 Å². The van der Waals surface area contributed by atoms with E-state index in [4.69, 9.17) is 16.0 Å². The van der Waals surface area contributed by atoms with Gasteiger partial charge in [-0.25, -0.2) is 13.1 Å². The van der Waals surface area contributed by atoms with Crippen LogP contribution in [0.25, 0.3) is 11.0 Å². The lowest BCUT2D eigenvalue weighted by molar-refractivity contribution is 0.0935. The SMILES string of the molecule is CC(NC(=O)c1ccc(Cl)c(S(=O)(=O)NC2CC2)c1)c1cc2ccccc2o1. The Kier molecular flexibility index (Phi) is 4.91. The molecule has 1 aliphatic rings. The minimum atomic E-state index is -3.76. The van der Waals surface area contributed by atoms with Gasteiger partial charge in [-0.2, -0.15) is 0 Å². The quantitative estimate of drug-likeness (QED) is 0.632. The Morgan fingerprint density at radius 1 is 1.18 bits per heavy atom. The maximum Gasteiger partial charge on any atom is 0.251 e. The number of benzene rings is 2. The molecule has 0 saturated heterocycles. The number of amides is 1. The van der Waals surface area contributed by atoms with Gasteiger partial charge in [-0.1, -0.05) is 29.8 Å². The predicted molar refractivity (Wildman–Crippen MR) is 107 cm³/mol. The Hall–Kier alpha value is -2.35. The lowest BCUT2D eigenvalue weighted by Gasteiger charge is -2.13. The summed E-state index contributed by atoms with van der Waals surface area (Å²) in [4.78, 5) is 12.6. The lowest BCUT2D eigenvalue weighted by Crippen LogP contribution is -2.28. The summed E-state index contributed by atoms with van der Waals surface area (Å²) >= 11 is 6.07. The number of carbonyl (C=O) groups is 1. The second kappa shape index (κ2) is 7.24. The molecular formula is C20H19ClN2O4S. The van der Waals surface area contributed by atoms with Gasteiger partial charge in [-0.15, -0.1) is 0 Å². The van der Waals surface area contributed by atoms with E-state index in [1.165, 1.54) is 18.2 Å². The summed E-state index contributed by atoms with van der Waals surface area (Å²) in [6.07, 6.45) is 1.62. The fourth-order valence-corrected chi connectivity index (χ4v) is 4.73. The first-order valence-electron chi connectivity index (χ1n) is 8.95. The molecule has 1 atom stereocenters. The van der Waals surface area contributed by atoms with Gasteiger partial charge in [-0.3, -0.25) is 4.79 Å². The first-order chi connectivity index (χ1) is 13.3. The van der Waals surface area contributed by atoms with E-state index in [0.717, 1.165) is 23.8 Å². The van der Waals surface area contributed by atoms with Crippen molar-refractivity contribution in [3.05, 3.63) is 64.9 Å². The second-order valence-electron chi connectivity index (χ2n) is 6.92. The van der Waals surface area contributed by atoms with Crippen molar-refractivity contribution in [3.8, 4) is 0 Å². The van der Waals surface area contributed by atoms with E-state index in [1.807, 2.05) is 30.3 Å². The molecule has 1 heterocycles. The first kappa shape index (κ1) is 19.0. The number of nitrogens with one attached hydrogen (secondary N) is 2. The summed E-state index contributed by atoms with van der Waals surface area (Å²) in [5.74, 6) is 0.208. The smallest absolute Gasteiger partial charge is 0.251 e. The molecule has 4 rings (SSSR count). The molecule has 6 nitrogen and oxygen atoms in total. The summed E-state index contributed by atoms with van der Waals surface area (Å²) in [7, 11) is -3.76. The largest absolute Gasteiger partial charge is 0.459 e. The summed E-state index contributed by atoms with van der Waals surface area (Å²) in [5.41, 5.74) is 0.952. The number of para-hydroxylation sites is 1. The number of furan rings is 1. The summed E-state index contributed by atoms with van der Waals surface area (Å²) in [5, 5.41) is 3.86. The van der Waals surface area contributed by atoms with Crippen LogP contribution in [0.5, 0.6) is 0 Å². The summed E-state index contributed by atoms with van der Waals surface area (Å²) in [6.45, 7) is 1.80. The zero-order valence-corrected chi connectivity index (χ0v) is 16.7. The Labute approximate surface area is 167 Å². The molecule has 2 aromatic carbocycles. The molecule has 1 aliphatic carbocycles. The molecule has 146 valence electrons. The maximum absolute atomic E-state index is 12.7. The average Bonchev–Trinajstić information content (AvgIpc) is 3.34. The first-order valence-corrected chi connectivity index (χ1v) is 10.8. The van der Waals surface area contributed by atoms with E-state index in [9.17, 15) is 13.2 Å². The average molecular weight is 419 g/mol. The molecule has 1 amide bonds. The van der Waals surface area contributed by atoms with Crippen molar-refractivity contribution in [1.29, 1.82) is 0 Å². The van der Waals surface area contributed by atoms with Crippen LogP contribution in [-0.2, 0) is 10.0 Å². The lowest BCUT2D eigenvalue weighted by atomic mass is 10.1. The van der Waals surface area contributed by atoms with Gasteiger partial charge in [-0.05, 0) is 50.1 Å². The monoisotopic (exact) mass is 418 g/mol. The van der Waals surface area contributed by atoms with Crippen LogP contribution in [0, 0.1) is 0 Å². The Bertz CT molecular complexity index is 1120. The van der Waals surface area contributed by atoms with Crippen molar-refractivity contribution >= 4 is 38.5 Å². The highest BCUT2D eigenvalue weighted by Gasteiger charge is 2.29. The minimum Gasteiger partial charge on any atom is -0.459 e. The molecule has 28 heavy (non-hydrogen) atoms. The zero-order chi connectivity index (χ0) is 19.9. The Morgan fingerprint density at radius 2 is 1.93 bits per heavy atom. The van der Waals surface area contributed by atoms with Crippen molar-refractivity contribution in [2.45, 2.75) is 36.7 Å². The molecule has 0 bridgehead atoms. The molecule has 1 unspecified atom stereocenters. The van der Waals surface area contributed by atoms with E-state index < -0.39 is 15.9 Å². The number of rotatable bonds is 6. The predicted octanol–water partition coefficient (Wildman–Crippen LogP) is 4.02. The van der Waals surface area contributed by atoms with Gasteiger partial charge in [0.2, 0.25) is 10.0 Å². The topological polar surface area (TPSA) is 88.4 Å². The van der Waals surface area contributed by atoms with Crippen molar-refractivity contribution in [2.24, 2.45) is 0 Å². The van der Waals surface area contributed by atoms with E-state index in [2.05, 4.69) is 10.0 Å². The third-order valence-corrected chi connectivity index (χ3v) is 6.60. The molecule has 1 aromatic heterocycles. The van der Waals surface area contributed by atoms with Crippen LogP contribution >= 0.6 is 11.6 Å². The fraction of sp³-hybridized carbons (Fsp3) is 0.250. The highest BCUT2D eigenvalue weighted by atomic mass is 35.5. The number of fused-ring (bicyclic) bond motifs is 1. The minimum absolute atomic E-state index is 0.0494. The number of halogens is 1.